The van der Waals surface area contributed by atoms with Crippen molar-refractivity contribution in [1.29, 1.82) is 0 Å². The Balaban J connectivity index is 1.84. The van der Waals surface area contributed by atoms with Gasteiger partial charge < -0.3 is 14.6 Å². The molecule has 2 aromatic heterocycles. The van der Waals surface area contributed by atoms with E-state index in [0.29, 0.717) is 29.2 Å². The number of aryl methyl sites for hydroxylation is 1. The van der Waals surface area contributed by atoms with E-state index in [1.54, 1.807) is 55.6 Å². The van der Waals surface area contributed by atoms with Crippen molar-refractivity contribution in [1.82, 2.24) is 9.97 Å². The average molecular weight is 492 g/mol. The van der Waals surface area contributed by atoms with Crippen LogP contribution in [0.3, 0.4) is 0 Å². The van der Waals surface area contributed by atoms with E-state index in [2.05, 4.69) is 16.5 Å². The number of hydrogen-bond acceptors (Lipinski definition) is 9. The Kier molecular flexibility index (Phi) is 6.74. The van der Waals surface area contributed by atoms with Crippen LogP contribution in [0.1, 0.15) is 32.5 Å². The maximum absolute atomic E-state index is 13.2. The molecule has 35 heavy (non-hydrogen) atoms. The fourth-order valence-electron chi connectivity index (χ4n) is 3.67. The summed E-state index contributed by atoms with van der Waals surface area (Å²) in [7, 11) is 1.25. The van der Waals surface area contributed by atoms with E-state index in [9.17, 15) is 19.5 Å². The molecule has 0 spiro atoms. The highest BCUT2D eigenvalue weighted by atomic mass is 32.1. The molecule has 1 fully saturated rings. The van der Waals surface area contributed by atoms with Crippen LogP contribution in [-0.2, 0) is 14.3 Å². The number of methoxy groups -OCH3 is 1. The zero-order valence-electron chi connectivity index (χ0n) is 18.9. The van der Waals surface area contributed by atoms with E-state index in [-0.39, 0.29) is 21.3 Å². The van der Waals surface area contributed by atoms with Crippen LogP contribution >= 0.6 is 11.3 Å². The quantitative estimate of drug-likeness (QED) is 0.174. The van der Waals surface area contributed by atoms with E-state index in [1.165, 1.54) is 18.2 Å². The van der Waals surface area contributed by atoms with Crippen LogP contribution in [0.15, 0.2) is 67.0 Å². The van der Waals surface area contributed by atoms with Gasteiger partial charge in [-0.15, -0.1) is 0 Å². The monoisotopic (exact) mass is 491 g/mol. The third-order valence-corrected chi connectivity index (χ3v) is 6.44. The minimum absolute atomic E-state index is 0.116. The zero-order chi connectivity index (χ0) is 25.1. The number of esters is 1. The van der Waals surface area contributed by atoms with E-state index in [4.69, 9.17) is 9.47 Å². The number of nitrogens with zero attached hydrogens (tertiary/aromatic N) is 3. The van der Waals surface area contributed by atoms with E-state index < -0.39 is 23.7 Å². The molecule has 0 saturated carbocycles. The number of Topliss-reactive ketones (excluding diaryl/α,β-unsaturated/α-hetero) is 1. The maximum atomic E-state index is 13.2. The zero-order valence-corrected chi connectivity index (χ0v) is 19.7. The van der Waals surface area contributed by atoms with Crippen LogP contribution in [0.5, 0.6) is 5.75 Å². The number of anilines is 1. The lowest BCUT2D eigenvalue weighted by molar-refractivity contribution is -0.132. The van der Waals surface area contributed by atoms with Crippen LogP contribution in [0.25, 0.3) is 5.76 Å². The highest BCUT2D eigenvalue weighted by molar-refractivity contribution is 7.17. The van der Waals surface area contributed by atoms with Crippen molar-refractivity contribution in [3.05, 3.63) is 88.7 Å². The van der Waals surface area contributed by atoms with Gasteiger partial charge >= 0.3 is 11.9 Å². The van der Waals surface area contributed by atoms with Gasteiger partial charge in [-0.05, 0) is 42.8 Å². The van der Waals surface area contributed by atoms with E-state index >= 15 is 0 Å². The number of thiazole rings is 1. The van der Waals surface area contributed by atoms with Crippen LogP contribution in [-0.4, -0.2) is 46.5 Å². The smallest absolute Gasteiger partial charge is 0.350 e. The average Bonchev–Trinajstić information content (AvgIpc) is 3.39. The third kappa shape index (κ3) is 4.43. The number of pyridine rings is 1. The standard InChI is InChI=1S/C25H21N3O6S/c1-4-12-34-17-9-7-15(8-10-17)20(29)18-19(16-6-5-11-26-13-16)28(23(31)21(18)30)25-27-14(2)22(35-25)24(32)33-3/h4-11,13,19,29H,1,12H2,2-3H3. The topological polar surface area (TPSA) is 119 Å². The maximum Gasteiger partial charge on any atom is 0.350 e. The lowest BCUT2D eigenvalue weighted by Crippen LogP contribution is -2.29. The van der Waals surface area contributed by atoms with Gasteiger partial charge in [-0.1, -0.05) is 30.1 Å². The molecule has 1 N–H and O–H groups in total. The number of benzene rings is 1. The Morgan fingerprint density at radius 3 is 2.63 bits per heavy atom. The van der Waals surface area contributed by atoms with Gasteiger partial charge in [0.25, 0.3) is 5.78 Å². The van der Waals surface area contributed by atoms with Gasteiger partial charge in [0.2, 0.25) is 0 Å². The summed E-state index contributed by atoms with van der Waals surface area (Å²) in [5.41, 5.74) is 1.06. The van der Waals surface area contributed by atoms with Crippen molar-refractivity contribution in [2.45, 2.75) is 13.0 Å². The molecule has 1 amide bonds. The van der Waals surface area contributed by atoms with Crippen molar-refractivity contribution in [3.8, 4) is 5.75 Å². The van der Waals surface area contributed by atoms with Gasteiger partial charge in [-0.25, -0.2) is 9.78 Å². The van der Waals surface area contributed by atoms with E-state index in [0.717, 1.165) is 11.3 Å². The van der Waals surface area contributed by atoms with Crippen LogP contribution < -0.4 is 9.64 Å². The number of aliphatic hydroxyl groups is 1. The number of aliphatic hydroxyl groups excluding tert-OH is 1. The number of rotatable bonds is 7. The molecule has 1 aliphatic rings. The van der Waals surface area contributed by atoms with Gasteiger partial charge in [-0.3, -0.25) is 19.5 Å². The van der Waals surface area contributed by atoms with Crippen molar-refractivity contribution in [2.24, 2.45) is 0 Å². The summed E-state index contributed by atoms with van der Waals surface area (Å²) in [6, 6.07) is 8.80. The molecule has 1 aromatic carbocycles. The number of ketones is 1. The van der Waals surface area contributed by atoms with Crippen LogP contribution in [0.4, 0.5) is 5.13 Å². The van der Waals surface area contributed by atoms with Gasteiger partial charge in [0.05, 0.1) is 24.4 Å². The highest BCUT2D eigenvalue weighted by Crippen LogP contribution is 2.43. The predicted molar refractivity (Wildman–Crippen MR) is 129 cm³/mol. The van der Waals surface area contributed by atoms with Crippen molar-refractivity contribution < 1.29 is 29.0 Å². The first kappa shape index (κ1) is 23.8. The minimum atomic E-state index is -1.00. The van der Waals surface area contributed by atoms with Crippen molar-refractivity contribution in [3.63, 3.8) is 0 Å². The second-order valence-electron chi connectivity index (χ2n) is 7.48. The summed E-state index contributed by atoms with van der Waals surface area (Å²) in [4.78, 5) is 48.4. The first-order valence-corrected chi connectivity index (χ1v) is 11.3. The second kappa shape index (κ2) is 9.90. The first-order valence-electron chi connectivity index (χ1n) is 10.5. The Hall–Kier alpha value is -4.31. The normalized spacial score (nSPS) is 16.9. The molecule has 3 heterocycles. The largest absolute Gasteiger partial charge is 0.507 e. The Morgan fingerprint density at radius 2 is 2.00 bits per heavy atom. The number of carbonyl (C=O) groups excluding carboxylic acids is 3. The summed E-state index contributed by atoms with van der Waals surface area (Å²) in [6.07, 6.45) is 4.67. The lowest BCUT2D eigenvalue weighted by atomic mass is 9.96. The van der Waals surface area contributed by atoms with Gasteiger partial charge in [-0.2, -0.15) is 0 Å². The number of amides is 1. The Morgan fingerprint density at radius 1 is 1.26 bits per heavy atom. The van der Waals surface area contributed by atoms with Gasteiger partial charge in [0.15, 0.2) is 5.13 Å². The third-order valence-electron chi connectivity index (χ3n) is 5.30. The SMILES string of the molecule is C=CCOc1ccc(C(O)=C2C(=O)C(=O)N(c3nc(C)c(C(=O)OC)s3)C2c2cccnc2)cc1. The van der Waals surface area contributed by atoms with Crippen molar-refractivity contribution in [2.75, 3.05) is 18.6 Å². The molecule has 0 aliphatic carbocycles. The number of ether oxygens (including phenoxy) is 2. The lowest BCUT2D eigenvalue weighted by Gasteiger charge is -2.22. The van der Waals surface area contributed by atoms with Crippen molar-refractivity contribution >= 4 is 39.9 Å². The fraction of sp³-hybridized carbons (Fsp3) is 0.160. The summed E-state index contributed by atoms with van der Waals surface area (Å²) in [5, 5.41) is 11.3. The Labute approximate surface area is 205 Å². The summed E-state index contributed by atoms with van der Waals surface area (Å²) in [6.45, 7) is 5.53. The molecule has 0 radical (unpaired) electrons. The number of carbonyl (C=O) groups is 3. The van der Waals surface area contributed by atoms with Crippen LogP contribution in [0, 0.1) is 6.92 Å². The molecular weight excluding hydrogens is 470 g/mol. The molecule has 10 heteroatoms. The molecule has 0 bridgehead atoms. The Bertz CT molecular complexity index is 1330. The van der Waals surface area contributed by atoms with Gasteiger partial charge in [0.1, 0.15) is 23.0 Å². The molecule has 1 saturated heterocycles. The molecule has 178 valence electrons. The summed E-state index contributed by atoms with van der Waals surface area (Å²) in [5.74, 6) is -2.15. The van der Waals surface area contributed by atoms with E-state index in [1.807, 2.05) is 0 Å². The molecular formula is C25H21N3O6S. The number of hydrogen-bond donors (Lipinski definition) is 1. The summed E-state index contributed by atoms with van der Waals surface area (Å²) >= 11 is 0.931. The molecule has 1 unspecified atom stereocenters. The van der Waals surface area contributed by atoms with Gasteiger partial charge in [0, 0.05) is 18.0 Å². The molecule has 4 rings (SSSR count). The molecule has 3 aromatic rings. The minimum Gasteiger partial charge on any atom is -0.507 e. The number of aromatic nitrogens is 2. The second-order valence-corrected chi connectivity index (χ2v) is 8.46. The fourth-order valence-corrected chi connectivity index (χ4v) is 4.68. The van der Waals surface area contributed by atoms with Crippen LogP contribution in [0.2, 0.25) is 0 Å². The molecule has 1 aliphatic heterocycles. The molecule has 1 atom stereocenters. The molecule has 9 nitrogen and oxygen atoms in total. The highest BCUT2D eigenvalue weighted by Gasteiger charge is 2.48. The predicted octanol–water partition coefficient (Wildman–Crippen LogP) is 3.82. The summed E-state index contributed by atoms with van der Waals surface area (Å²) < 4.78 is 10.3. The first-order chi connectivity index (χ1) is 16.9.